The van der Waals surface area contributed by atoms with Crippen LogP contribution >= 0.6 is 54.8 Å². The SMILES string of the molecule is CC1OCCC1C(Br)c1cc(Br)c(Cl)s1. The van der Waals surface area contributed by atoms with Gasteiger partial charge in [-0.05, 0) is 35.3 Å². The smallest absolute Gasteiger partial charge is 0.107 e. The molecule has 1 aromatic rings. The Balaban J connectivity index is 2.16. The van der Waals surface area contributed by atoms with Gasteiger partial charge in [0, 0.05) is 21.9 Å². The van der Waals surface area contributed by atoms with Crippen LogP contribution < -0.4 is 0 Å². The second-order valence-corrected chi connectivity index (χ2v) is 7.23. The molecule has 0 aliphatic carbocycles. The first kappa shape index (κ1) is 12.4. The Morgan fingerprint density at radius 2 is 2.40 bits per heavy atom. The fourth-order valence-corrected chi connectivity index (χ4v) is 4.74. The standard InChI is InChI=1S/C10H11Br2ClOS/c1-5-6(2-3-14-5)9(12)8-4-7(11)10(13)15-8/h4-6,9H,2-3H2,1H3. The largest absolute Gasteiger partial charge is 0.378 e. The van der Waals surface area contributed by atoms with Crippen LogP contribution in [0.15, 0.2) is 10.5 Å². The van der Waals surface area contributed by atoms with Crippen molar-refractivity contribution in [3.8, 4) is 0 Å². The van der Waals surface area contributed by atoms with Gasteiger partial charge in [-0.25, -0.2) is 0 Å². The minimum atomic E-state index is 0.328. The Labute approximate surface area is 115 Å². The summed E-state index contributed by atoms with van der Waals surface area (Å²) in [6.07, 6.45) is 1.44. The first-order valence-corrected chi connectivity index (χ1v) is 7.70. The first-order chi connectivity index (χ1) is 7.09. The maximum Gasteiger partial charge on any atom is 0.107 e. The van der Waals surface area contributed by atoms with Crippen LogP contribution in [0.3, 0.4) is 0 Å². The molecular weight excluding hydrogens is 363 g/mol. The quantitative estimate of drug-likeness (QED) is 0.660. The van der Waals surface area contributed by atoms with Gasteiger partial charge >= 0.3 is 0 Å². The third-order valence-electron chi connectivity index (χ3n) is 2.75. The molecule has 1 aliphatic rings. The molecule has 3 atom stereocenters. The molecule has 1 aromatic heterocycles. The van der Waals surface area contributed by atoms with Gasteiger partial charge in [0.1, 0.15) is 4.34 Å². The molecule has 0 radical (unpaired) electrons. The lowest BCUT2D eigenvalue weighted by Gasteiger charge is -2.19. The second-order valence-electron chi connectivity index (χ2n) is 3.70. The number of thiophene rings is 1. The molecule has 3 unspecified atom stereocenters. The van der Waals surface area contributed by atoms with Crippen LogP contribution in [0.4, 0.5) is 0 Å². The Bertz CT molecular complexity index is 336. The van der Waals surface area contributed by atoms with E-state index < -0.39 is 0 Å². The van der Waals surface area contributed by atoms with Crippen LogP contribution in [0.5, 0.6) is 0 Å². The van der Waals surface area contributed by atoms with Gasteiger partial charge in [-0.1, -0.05) is 27.5 Å². The van der Waals surface area contributed by atoms with E-state index in [0.717, 1.165) is 21.8 Å². The van der Waals surface area contributed by atoms with Crippen LogP contribution in [0.1, 0.15) is 23.0 Å². The monoisotopic (exact) mass is 372 g/mol. The molecular formula is C10H11Br2ClOS. The number of hydrogen-bond acceptors (Lipinski definition) is 2. The maximum absolute atomic E-state index is 6.04. The van der Waals surface area contributed by atoms with Gasteiger partial charge in [-0.3, -0.25) is 0 Å². The van der Waals surface area contributed by atoms with Gasteiger partial charge < -0.3 is 4.74 Å². The van der Waals surface area contributed by atoms with Crippen molar-refractivity contribution in [3.05, 3.63) is 19.8 Å². The first-order valence-electron chi connectivity index (χ1n) is 4.80. The molecule has 1 fully saturated rings. The van der Waals surface area contributed by atoms with Gasteiger partial charge in [0.2, 0.25) is 0 Å². The maximum atomic E-state index is 6.04. The summed E-state index contributed by atoms with van der Waals surface area (Å²) in [5.41, 5.74) is 0. The fourth-order valence-electron chi connectivity index (χ4n) is 1.84. The Morgan fingerprint density at radius 3 is 2.87 bits per heavy atom. The van der Waals surface area contributed by atoms with Crippen LogP contribution in [0.2, 0.25) is 4.34 Å². The van der Waals surface area contributed by atoms with E-state index in [1.54, 1.807) is 11.3 Å². The molecule has 0 spiro atoms. The molecule has 2 rings (SSSR count). The van der Waals surface area contributed by atoms with Crippen molar-refractivity contribution in [1.82, 2.24) is 0 Å². The molecule has 0 bridgehead atoms. The lowest BCUT2D eigenvalue weighted by Crippen LogP contribution is -2.15. The van der Waals surface area contributed by atoms with Crippen molar-refractivity contribution in [2.24, 2.45) is 5.92 Å². The zero-order valence-electron chi connectivity index (χ0n) is 8.17. The van der Waals surface area contributed by atoms with Crippen LogP contribution in [0.25, 0.3) is 0 Å². The number of alkyl halides is 1. The topological polar surface area (TPSA) is 9.23 Å². The van der Waals surface area contributed by atoms with Crippen LogP contribution in [-0.2, 0) is 4.74 Å². The van der Waals surface area contributed by atoms with E-state index in [0.29, 0.717) is 16.8 Å². The van der Waals surface area contributed by atoms with Crippen molar-refractivity contribution in [2.45, 2.75) is 24.3 Å². The van der Waals surface area contributed by atoms with Crippen molar-refractivity contribution in [1.29, 1.82) is 0 Å². The molecule has 1 nitrogen and oxygen atoms in total. The number of halogens is 3. The van der Waals surface area contributed by atoms with E-state index in [2.05, 4.69) is 44.8 Å². The van der Waals surface area contributed by atoms with Gasteiger partial charge in [0.25, 0.3) is 0 Å². The lowest BCUT2D eigenvalue weighted by molar-refractivity contribution is 0.106. The predicted molar refractivity (Wildman–Crippen MR) is 72.2 cm³/mol. The number of hydrogen-bond donors (Lipinski definition) is 0. The summed E-state index contributed by atoms with van der Waals surface area (Å²) in [7, 11) is 0. The molecule has 5 heteroatoms. The van der Waals surface area contributed by atoms with E-state index >= 15 is 0 Å². The highest BCUT2D eigenvalue weighted by atomic mass is 79.9. The van der Waals surface area contributed by atoms with Gasteiger partial charge in [0.15, 0.2) is 0 Å². The normalized spacial score (nSPS) is 28.3. The molecule has 1 saturated heterocycles. The number of rotatable bonds is 2. The summed E-state index contributed by atoms with van der Waals surface area (Å²) in [6, 6.07) is 2.09. The average Bonchev–Trinajstić information content (AvgIpc) is 2.74. The van der Waals surface area contributed by atoms with Gasteiger partial charge in [0.05, 0.1) is 10.9 Å². The van der Waals surface area contributed by atoms with Gasteiger partial charge in [-0.15, -0.1) is 11.3 Å². The summed E-state index contributed by atoms with van der Waals surface area (Å²) >= 11 is 14.8. The average molecular weight is 375 g/mol. The van der Waals surface area contributed by atoms with Crippen LogP contribution in [0, 0.1) is 5.92 Å². The zero-order valence-corrected chi connectivity index (χ0v) is 12.9. The van der Waals surface area contributed by atoms with Crippen molar-refractivity contribution >= 4 is 54.8 Å². The summed E-state index contributed by atoms with van der Waals surface area (Å²) in [6.45, 7) is 3.00. The van der Waals surface area contributed by atoms with Crippen molar-refractivity contribution in [2.75, 3.05) is 6.61 Å². The molecule has 2 heterocycles. The summed E-state index contributed by atoms with van der Waals surface area (Å²) in [5, 5.41) is 0. The lowest BCUT2D eigenvalue weighted by atomic mass is 9.98. The molecule has 15 heavy (non-hydrogen) atoms. The molecule has 0 amide bonds. The van der Waals surface area contributed by atoms with Crippen molar-refractivity contribution in [3.63, 3.8) is 0 Å². The van der Waals surface area contributed by atoms with Gasteiger partial charge in [-0.2, -0.15) is 0 Å². The fraction of sp³-hybridized carbons (Fsp3) is 0.600. The second kappa shape index (κ2) is 5.05. The van der Waals surface area contributed by atoms with E-state index in [1.807, 2.05) is 0 Å². The summed E-state index contributed by atoms with van der Waals surface area (Å²) in [5.74, 6) is 0.548. The minimum absolute atomic E-state index is 0.328. The molecule has 0 N–H and O–H groups in total. The molecule has 0 saturated carbocycles. The zero-order chi connectivity index (χ0) is 11.0. The van der Waals surface area contributed by atoms with Crippen molar-refractivity contribution < 1.29 is 4.74 Å². The third-order valence-corrected chi connectivity index (χ3v) is 6.78. The number of ether oxygens (including phenoxy) is 1. The van der Waals surface area contributed by atoms with E-state index in [9.17, 15) is 0 Å². The predicted octanol–water partition coefficient (Wildman–Crippen LogP) is 5.03. The van der Waals surface area contributed by atoms with E-state index in [4.69, 9.17) is 16.3 Å². The Kier molecular flexibility index (Phi) is 4.16. The Morgan fingerprint density at radius 1 is 1.67 bits per heavy atom. The third kappa shape index (κ3) is 2.60. The van der Waals surface area contributed by atoms with E-state index in [1.165, 1.54) is 4.88 Å². The minimum Gasteiger partial charge on any atom is -0.378 e. The Hall–Kier alpha value is 0.910. The highest BCUT2D eigenvalue weighted by Gasteiger charge is 2.32. The summed E-state index contributed by atoms with van der Waals surface area (Å²) < 4.78 is 7.38. The summed E-state index contributed by atoms with van der Waals surface area (Å²) in [4.78, 5) is 1.62. The molecule has 1 aliphatic heterocycles. The van der Waals surface area contributed by atoms with E-state index in [-0.39, 0.29) is 0 Å². The highest BCUT2D eigenvalue weighted by Crippen LogP contribution is 2.45. The highest BCUT2D eigenvalue weighted by molar-refractivity contribution is 9.10. The molecule has 0 aromatic carbocycles. The van der Waals surface area contributed by atoms with Crippen LogP contribution in [-0.4, -0.2) is 12.7 Å². The molecule has 84 valence electrons.